The number of aromatic nitrogens is 2. The summed E-state index contributed by atoms with van der Waals surface area (Å²) in [6, 6.07) is 17.5. The molecule has 0 bridgehead atoms. The van der Waals surface area contributed by atoms with Crippen molar-refractivity contribution in [2.24, 2.45) is 0 Å². The van der Waals surface area contributed by atoms with Gasteiger partial charge in [-0.3, -0.25) is 0 Å². The first-order chi connectivity index (χ1) is 13.7. The van der Waals surface area contributed by atoms with Gasteiger partial charge in [-0.15, -0.1) is 0 Å². The third kappa shape index (κ3) is 3.07. The molecule has 0 aliphatic heterocycles. The first-order valence-corrected chi connectivity index (χ1v) is 9.19. The molecular formula is C20H10N4O3P+. The zero-order valence-electron chi connectivity index (χ0n) is 14.2. The summed E-state index contributed by atoms with van der Waals surface area (Å²) in [5.74, 6) is 0.634. The summed E-state index contributed by atoms with van der Waals surface area (Å²) in [7, 11) is -2.56. The Morgan fingerprint density at radius 3 is 1.61 bits per heavy atom. The number of rotatable bonds is 4. The molecule has 8 heteroatoms. The number of nitrogens with zero attached hydrogens (tertiary/aromatic N) is 4. The molecule has 2 heterocycles. The quantitative estimate of drug-likeness (QED) is 0.471. The van der Waals surface area contributed by atoms with E-state index in [-0.39, 0.29) is 11.4 Å². The van der Waals surface area contributed by atoms with Gasteiger partial charge in [0.15, 0.2) is 11.5 Å². The zero-order chi connectivity index (χ0) is 19.5. The SMILES string of the molecule is N#Cc1nccc2c(O[P+](=O)Oc3cccc4c(C#N)nccc34)cccc12. The topological polar surface area (TPSA) is 109 Å². The average Bonchev–Trinajstić information content (AvgIpc) is 2.73. The molecule has 0 radical (unpaired) electrons. The molecule has 132 valence electrons. The third-order valence-electron chi connectivity index (χ3n) is 4.09. The Morgan fingerprint density at radius 2 is 1.18 bits per heavy atom. The van der Waals surface area contributed by atoms with Crippen LogP contribution < -0.4 is 9.05 Å². The van der Waals surface area contributed by atoms with E-state index in [0.29, 0.717) is 33.0 Å². The molecule has 0 N–H and O–H groups in total. The van der Waals surface area contributed by atoms with E-state index in [1.54, 1.807) is 48.5 Å². The summed E-state index contributed by atoms with van der Waals surface area (Å²) in [5, 5.41) is 20.8. The highest BCUT2D eigenvalue weighted by atomic mass is 31.1. The van der Waals surface area contributed by atoms with Crippen LogP contribution in [0.2, 0.25) is 0 Å². The Bertz CT molecular complexity index is 1220. The van der Waals surface area contributed by atoms with Gasteiger partial charge in [0, 0.05) is 38.5 Å². The van der Waals surface area contributed by atoms with Crippen molar-refractivity contribution >= 4 is 29.8 Å². The molecule has 7 nitrogen and oxygen atoms in total. The number of fused-ring (bicyclic) bond motifs is 2. The second-order valence-corrected chi connectivity index (χ2v) is 6.46. The molecule has 2 aromatic carbocycles. The molecule has 0 atom stereocenters. The normalized spacial score (nSPS) is 10.2. The van der Waals surface area contributed by atoms with Crippen LogP contribution in [0.25, 0.3) is 21.5 Å². The lowest BCUT2D eigenvalue weighted by Crippen LogP contribution is -1.93. The molecule has 4 rings (SSSR count). The smallest absolute Gasteiger partial charge is 0.245 e. The lowest BCUT2D eigenvalue weighted by atomic mass is 10.1. The van der Waals surface area contributed by atoms with Crippen molar-refractivity contribution in [3.05, 3.63) is 72.3 Å². The van der Waals surface area contributed by atoms with Crippen molar-refractivity contribution in [3.8, 4) is 23.6 Å². The third-order valence-corrected chi connectivity index (χ3v) is 4.78. The van der Waals surface area contributed by atoms with E-state index in [0.717, 1.165) is 0 Å². The Balaban J connectivity index is 1.67. The zero-order valence-corrected chi connectivity index (χ0v) is 15.1. The summed E-state index contributed by atoms with van der Waals surface area (Å²) >= 11 is 0. The number of nitriles is 2. The van der Waals surface area contributed by atoms with Gasteiger partial charge in [0.1, 0.15) is 23.5 Å². The van der Waals surface area contributed by atoms with E-state index in [1.165, 1.54) is 12.4 Å². The summed E-state index contributed by atoms with van der Waals surface area (Å²) in [6.45, 7) is 0. The first-order valence-electron chi connectivity index (χ1n) is 8.10. The molecule has 0 unspecified atom stereocenters. The number of pyridine rings is 2. The van der Waals surface area contributed by atoms with E-state index >= 15 is 0 Å². The van der Waals surface area contributed by atoms with Crippen LogP contribution in [0.15, 0.2) is 60.9 Å². The van der Waals surface area contributed by atoms with Crippen molar-refractivity contribution in [1.82, 2.24) is 9.97 Å². The van der Waals surface area contributed by atoms with Crippen molar-refractivity contribution in [1.29, 1.82) is 10.5 Å². The summed E-state index contributed by atoms with van der Waals surface area (Å²) in [5.41, 5.74) is 0.509. The van der Waals surface area contributed by atoms with E-state index in [4.69, 9.17) is 9.05 Å². The maximum Gasteiger partial charge on any atom is 0.805 e. The number of benzene rings is 2. The molecule has 4 aromatic rings. The molecule has 0 saturated heterocycles. The van der Waals surface area contributed by atoms with Crippen molar-refractivity contribution in [2.45, 2.75) is 0 Å². The van der Waals surface area contributed by atoms with Crippen LogP contribution in [0.4, 0.5) is 0 Å². The Labute approximate surface area is 160 Å². The van der Waals surface area contributed by atoms with Crippen molar-refractivity contribution in [3.63, 3.8) is 0 Å². The highest BCUT2D eigenvalue weighted by molar-refractivity contribution is 7.34. The Morgan fingerprint density at radius 1 is 0.714 bits per heavy atom. The molecule has 0 fully saturated rings. The van der Waals surface area contributed by atoms with Gasteiger partial charge >= 0.3 is 8.25 Å². The molecule has 0 aliphatic carbocycles. The lowest BCUT2D eigenvalue weighted by molar-refractivity contribution is 0.419. The van der Waals surface area contributed by atoms with Gasteiger partial charge in [-0.25, -0.2) is 19.0 Å². The fraction of sp³-hybridized carbons (Fsp3) is 0. The Kier molecular flexibility index (Phi) is 4.51. The molecular weight excluding hydrogens is 375 g/mol. The van der Waals surface area contributed by atoms with Gasteiger partial charge in [0.05, 0.1) is 0 Å². The van der Waals surface area contributed by atoms with Gasteiger partial charge in [-0.1, -0.05) is 24.3 Å². The van der Waals surface area contributed by atoms with Gasteiger partial charge in [-0.2, -0.15) is 10.5 Å². The summed E-state index contributed by atoms with van der Waals surface area (Å²) < 4.78 is 23.5. The van der Waals surface area contributed by atoms with Crippen LogP contribution in [-0.2, 0) is 4.57 Å². The van der Waals surface area contributed by atoms with Crippen molar-refractivity contribution < 1.29 is 13.6 Å². The number of hydrogen-bond acceptors (Lipinski definition) is 7. The maximum absolute atomic E-state index is 12.5. The van der Waals surface area contributed by atoms with Crippen LogP contribution in [0, 0.1) is 22.7 Å². The maximum atomic E-state index is 12.5. The minimum atomic E-state index is -2.56. The molecule has 0 saturated carbocycles. The molecule has 0 aliphatic rings. The van der Waals surface area contributed by atoms with E-state index < -0.39 is 8.25 Å². The van der Waals surface area contributed by atoms with Crippen LogP contribution in [0.1, 0.15) is 11.4 Å². The fourth-order valence-electron chi connectivity index (χ4n) is 2.87. The van der Waals surface area contributed by atoms with E-state index in [9.17, 15) is 15.1 Å². The monoisotopic (exact) mass is 385 g/mol. The molecule has 28 heavy (non-hydrogen) atoms. The standard InChI is InChI=1S/C20H10N4O3P/c21-11-17-13-3-1-5-19(15(13)7-9-23-17)26-28(25)27-20-6-2-4-14-16(20)8-10-24-18(14)12-22/h1-10H/q+1. The van der Waals surface area contributed by atoms with Crippen LogP contribution in [-0.4, -0.2) is 9.97 Å². The fourth-order valence-corrected chi connectivity index (χ4v) is 3.55. The van der Waals surface area contributed by atoms with E-state index in [1.807, 2.05) is 12.1 Å². The largest absolute Gasteiger partial charge is 0.805 e. The van der Waals surface area contributed by atoms with Gasteiger partial charge in [0.25, 0.3) is 0 Å². The lowest BCUT2D eigenvalue weighted by Gasteiger charge is -2.03. The van der Waals surface area contributed by atoms with Crippen LogP contribution >= 0.6 is 8.25 Å². The van der Waals surface area contributed by atoms with Gasteiger partial charge in [-0.05, 0) is 24.3 Å². The minimum Gasteiger partial charge on any atom is -0.245 e. The molecule has 0 spiro atoms. The summed E-state index contributed by atoms with van der Waals surface area (Å²) in [4.78, 5) is 8.02. The second-order valence-electron chi connectivity index (χ2n) is 5.65. The van der Waals surface area contributed by atoms with E-state index in [2.05, 4.69) is 9.97 Å². The van der Waals surface area contributed by atoms with Crippen LogP contribution in [0.5, 0.6) is 11.5 Å². The molecule has 2 aromatic heterocycles. The van der Waals surface area contributed by atoms with Gasteiger partial charge < -0.3 is 0 Å². The second kappa shape index (κ2) is 7.28. The first kappa shape index (κ1) is 17.4. The minimum absolute atomic E-state index is 0.254. The highest BCUT2D eigenvalue weighted by Gasteiger charge is 2.27. The van der Waals surface area contributed by atoms with Gasteiger partial charge in [0.2, 0.25) is 0 Å². The number of hydrogen-bond donors (Lipinski definition) is 0. The summed E-state index contributed by atoms with van der Waals surface area (Å²) in [6.07, 6.45) is 2.98. The van der Waals surface area contributed by atoms with Crippen molar-refractivity contribution in [2.75, 3.05) is 0 Å². The molecule has 0 amide bonds. The van der Waals surface area contributed by atoms with Crippen LogP contribution in [0.3, 0.4) is 0 Å². The average molecular weight is 385 g/mol. The highest BCUT2D eigenvalue weighted by Crippen LogP contribution is 2.37. The Hall–Kier alpha value is -4.06. The predicted molar refractivity (Wildman–Crippen MR) is 102 cm³/mol. The predicted octanol–water partition coefficient (Wildman–Crippen LogP) is 4.64.